The minimum atomic E-state index is -0.531. The van der Waals surface area contributed by atoms with E-state index in [1.54, 1.807) is 25.1 Å². The van der Waals surface area contributed by atoms with Crippen molar-refractivity contribution in [2.45, 2.75) is 19.8 Å². The second-order valence-electron chi connectivity index (χ2n) is 5.91. The number of halogens is 2. The summed E-state index contributed by atoms with van der Waals surface area (Å²) < 4.78 is 19.3. The van der Waals surface area contributed by atoms with Crippen LogP contribution in [-0.2, 0) is 9.53 Å². The number of esters is 1. The first kappa shape index (κ1) is 19.9. The van der Waals surface area contributed by atoms with Gasteiger partial charge in [-0.25, -0.2) is 9.37 Å². The van der Waals surface area contributed by atoms with E-state index in [9.17, 15) is 19.1 Å². The largest absolute Gasteiger partial charge is 0.504 e. The van der Waals surface area contributed by atoms with E-state index < -0.39 is 17.6 Å². The number of aromatic hydroxyl groups is 1. The number of para-hydroxylation sites is 1. The Kier molecular flexibility index (Phi) is 5.99. The van der Waals surface area contributed by atoms with E-state index in [0.29, 0.717) is 16.5 Å². The van der Waals surface area contributed by atoms with Crippen LogP contribution in [0.2, 0.25) is 0 Å². The Morgan fingerprint density at radius 2 is 2.00 bits per heavy atom. The maximum atomic E-state index is 14.3. The van der Waals surface area contributed by atoms with E-state index in [0.717, 1.165) is 6.20 Å². The maximum Gasteiger partial charge on any atom is 0.306 e. The summed E-state index contributed by atoms with van der Waals surface area (Å²) in [6, 6.07) is 6.58. The van der Waals surface area contributed by atoms with Crippen molar-refractivity contribution >= 4 is 38.6 Å². The molecule has 144 valence electrons. The number of carbonyl (C=O) groups excluding carboxylic acids is 2. The van der Waals surface area contributed by atoms with E-state index in [-0.39, 0.29) is 40.9 Å². The zero-order valence-electron chi connectivity index (χ0n) is 14.9. The van der Waals surface area contributed by atoms with Gasteiger partial charge in [0, 0.05) is 29.1 Å². The molecule has 3 rings (SSSR count). The van der Waals surface area contributed by atoms with Crippen LogP contribution >= 0.6 is 15.9 Å². The molecular weight excluding hydrogens is 431 g/mol. The van der Waals surface area contributed by atoms with E-state index in [1.807, 2.05) is 0 Å². The molecule has 2 aromatic heterocycles. The van der Waals surface area contributed by atoms with Crippen LogP contribution in [0.1, 0.15) is 30.3 Å². The molecule has 0 bridgehead atoms. The van der Waals surface area contributed by atoms with Gasteiger partial charge in [-0.05, 0) is 28.9 Å². The predicted octanol–water partition coefficient (Wildman–Crippen LogP) is 4.43. The molecule has 0 amide bonds. The van der Waals surface area contributed by atoms with Crippen molar-refractivity contribution in [3.63, 3.8) is 0 Å². The number of ether oxygens (including phenoxy) is 1. The van der Waals surface area contributed by atoms with Crippen LogP contribution in [0.3, 0.4) is 0 Å². The SMILES string of the molecule is CCOC(=O)CCC(=O)c1nc2c(-c3ccncc3F)cccc2c(Br)c1O. The summed E-state index contributed by atoms with van der Waals surface area (Å²) in [7, 11) is 0. The van der Waals surface area contributed by atoms with Crippen LogP contribution in [0, 0.1) is 5.82 Å². The number of aromatic nitrogens is 2. The van der Waals surface area contributed by atoms with Gasteiger partial charge in [-0.3, -0.25) is 14.6 Å². The number of Topliss-reactive ketones (excluding diaryl/α,β-unsaturated/α-hetero) is 1. The summed E-state index contributed by atoms with van der Waals surface area (Å²) in [6.07, 6.45) is 2.26. The van der Waals surface area contributed by atoms with Gasteiger partial charge in [0.1, 0.15) is 11.5 Å². The maximum absolute atomic E-state index is 14.3. The number of benzene rings is 1. The first-order valence-corrected chi connectivity index (χ1v) is 9.33. The summed E-state index contributed by atoms with van der Waals surface area (Å²) in [5, 5.41) is 10.9. The standard InChI is InChI=1S/C20H16BrFN2O4/c1-2-28-16(26)7-6-15(25)19-20(27)17(21)13-5-3-4-12(18(13)24-19)11-8-9-23-10-14(11)22/h3-5,8-10,27H,2,6-7H2,1H3. The van der Waals surface area contributed by atoms with Crippen LogP contribution in [-0.4, -0.2) is 33.4 Å². The zero-order chi connectivity index (χ0) is 20.3. The van der Waals surface area contributed by atoms with E-state index in [4.69, 9.17) is 4.74 Å². The molecule has 3 aromatic rings. The lowest BCUT2D eigenvalue weighted by Gasteiger charge is -2.12. The van der Waals surface area contributed by atoms with Crippen molar-refractivity contribution in [2.75, 3.05) is 6.61 Å². The highest BCUT2D eigenvalue weighted by Crippen LogP contribution is 2.38. The molecule has 0 radical (unpaired) electrons. The summed E-state index contributed by atoms with van der Waals surface area (Å²) in [5.74, 6) is -1.88. The van der Waals surface area contributed by atoms with E-state index in [2.05, 4.69) is 25.9 Å². The molecule has 0 unspecified atom stereocenters. The highest BCUT2D eigenvalue weighted by atomic mass is 79.9. The van der Waals surface area contributed by atoms with Crippen LogP contribution in [0.5, 0.6) is 5.75 Å². The van der Waals surface area contributed by atoms with Crippen molar-refractivity contribution in [1.29, 1.82) is 0 Å². The van der Waals surface area contributed by atoms with Gasteiger partial charge in [0.05, 0.1) is 29.2 Å². The number of ketones is 1. The average Bonchev–Trinajstić information content (AvgIpc) is 2.69. The number of carbonyl (C=O) groups is 2. The van der Waals surface area contributed by atoms with Crippen molar-refractivity contribution in [3.05, 3.63) is 52.6 Å². The molecule has 28 heavy (non-hydrogen) atoms. The fraction of sp³-hybridized carbons (Fsp3) is 0.200. The van der Waals surface area contributed by atoms with Crippen LogP contribution < -0.4 is 0 Å². The smallest absolute Gasteiger partial charge is 0.306 e. The topological polar surface area (TPSA) is 89.4 Å². The number of hydrogen-bond acceptors (Lipinski definition) is 6. The lowest BCUT2D eigenvalue weighted by atomic mass is 10.0. The summed E-state index contributed by atoms with van der Waals surface area (Å²) >= 11 is 3.29. The zero-order valence-corrected chi connectivity index (χ0v) is 16.5. The quantitative estimate of drug-likeness (QED) is 0.444. The molecule has 0 spiro atoms. The number of hydrogen-bond donors (Lipinski definition) is 1. The predicted molar refractivity (Wildman–Crippen MR) is 104 cm³/mol. The highest BCUT2D eigenvalue weighted by Gasteiger charge is 2.21. The molecular formula is C20H16BrFN2O4. The molecule has 0 saturated heterocycles. The van der Waals surface area contributed by atoms with Gasteiger partial charge in [-0.1, -0.05) is 18.2 Å². The van der Waals surface area contributed by atoms with Crippen molar-refractivity contribution in [3.8, 4) is 16.9 Å². The molecule has 0 aliphatic rings. The first-order chi connectivity index (χ1) is 13.4. The Hall–Kier alpha value is -2.87. The second kappa shape index (κ2) is 8.43. The molecule has 1 aromatic carbocycles. The Labute approximate surface area is 168 Å². The van der Waals surface area contributed by atoms with Crippen LogP contribution in [0.15, 0.2) is 41.1 Å². The molecule has 0 saturated carbocycles. The molecule has 0 atom stereocenters. The third kappa shape index (κ3) is 3.87. The fourth-order valence-corrected chi connectivity index (χ4v) is 3.32. The van der Waals surface area contributed by atoms with Crippen molar-refractivity contribution < 1.29 is 23.8 Å². The fourth-order valence-electron chi connectivity index (χ4n) is 2.81. The van der Waals surface area contributed by atoms with Gasteiger partial charge >= 0.3 is 5.97 Å². The van der Waals surface area contributed by atoms with Crippen molar-refractivity contribution in [2.24, 2.45) is 0 Å². The molecule has 8 heteroatoms. The van der Waals surface area contributed by atoms with Gasteiger partial charge in [0.25, 0.3) is 0 Å². The molecule has 2 heterocycles. The third-order valence-electron chi connectivity index (χ3n) is 4.12. The number of nitrogens with zero attached hydrogens (tertiary/aromatic N) is 2. The van der Waals surface area contributed by atoms with Gasteiger partial charge in [0.15, 0.2) is 11.5 Å². The lowest BCUT2D eigenvalue weighted by Crippen LogP contribution is -2.10. The Morgan fingerprint density at radius 3 is 2.71 bits per heavy atom. The number of rotatable bonds is 6. The Balaban J connectivity index is 2.09. The van der Waals surface area contributed by atoms with Crippen LogP contribution in [0.25, 0.3) is 22.0 Å². The highest BCUT2D eigenvalue weighted by molar-refractivity contribution is 9.10. The molecule has 0 aliphatic carbocycles. The first-order valence-electron chi connectivity index (χ1n) is 8.54. The van der Waals surface area contributed by atoms with Gasteiger partial charge in [-0.2, -0.15) is 0 Å². The summed E-state index contributed by atoms with van der Waals surface area (Å²) in [6.45, 7) is 1.90. The monoisotopic (exact) mass is 446 g/mol. The second-order valence-corrected chi connectivity index (χ2v) is 6.70. The van der Waals surface area contributed by atoms with Gasteiger partial charge in [0.2, 0.25) is 0 Å². The minimum absolute atomic E-state index is 0.121. The number of fused-ring (bicyclic) bond motifs is 1. The average molecular weight is 447 g/mol. The van der Waals surface area contributed by atoms with Crippen molar-refractivity contribution in [1.82, 2.24) is 9.97 Å². The Morgan fingerprint density at radius 1 is 1.21 bits per heavy atom. The van der Waals surface area contributed by atoms with Gasteiger partial charge < -0.3 is 9.84 Å². The number of pyridine rings is 2. The molecule has 0 fully saturated rings. The third-order valence-corrected chi connectivity index (χ3v) is 4.92. The summed E-state index contributed by atoms with van der Waals surface area (Å²) in [4.78, 5) is 32.1. The molecule has 1 N–H and O–H groups in total. The molecule has 6 nitrogen and oxygen atoms in total. The summed E-state index contributed by atoms with van der Waals surface area (Å²) in [5.41, 5.74) is 0.885. The normalized spacial score (nSPS) is 10.8. The molecule has 0 aliphatic heterocycles. The van der Waals surface area contributed by atoms with E-state index >= 15 is 0 Å². The minimum Gasteiger partial charge on any atom is -0.504 e. The lowest BCUT2D eigenvalue weighted by molar-refractivity contribution is -0.143. The van der Waals surface area contributed by atoms with Gasteiger partial charge in [-0.15, -0.1) is 0 Å². The Bertz CT molecular complexity index is 1070. The van der Waals surface area contributed by atoms with E-state index in [1.165, 1.54) is 12.3 Å². The van der Waals surface area contributed by atoms with Crippen LogP contribution in [0.4, 0.5) is 4.39 Å².